The molecule has 0 aliphatic carbocycles. The predicted octanol–water partition coefficient (Wildman–Crippen LogP) is 1.65. The molecule has 0 atom stereocenters. The van der Waals surface area contributed by atoms with Crippen LogP contribution < -0.4 is 0 Å². The summed E-state index contributed by atoms with van der Waals surface area (Å²) in [4.78, 5) is 16.3. The van der Waals surface area contributed by atoms with Crippen LogP contribution in [0.3, 0.4) is 0 Å². The van der Waals surface area contributed by atoms with E-state index in [-0.39, 0.29) is 5.97 Å². The van der Waals surface area contributed by atoms with E-state index in [0.29, 0.717) is 13.0 Å². The molecule has 0 spiro atoms. The second-order valence-corrected chi connectivity index (χ2v) is 5.10. The number of carbonyl (C=O) groups excluding carboxylic acids is 1. The lowest BCUT2D eigenvalue weighted by atomic mass is 10.2. The molecule has 0 aromatic carbocycles. The smallest absolute Gasteiger partial charge is 0.306 e. The summed E-state index contributed by atoms with van der Waals surface area (Å²) < 4.78 is 4.83. The number of nitrogens with zero attached hydrogens (tertiary/aromatic N) is 1. The molecule has 1 aromatic rings. The van der Waals surface area contributed by atoms with Crippen LogP contribution in [0.2, 0.25) is 0 Å². The van der Waals surface area contributed by atoms with Crippen LogP contribution in [0.5, 0.6) is 0 Å². The molecule has 0 amide bonds. The molecule has 104 valence electrons. The first kappa shape index (κ1) is 17.0. The van der Waals surface area contributed by atoms with Crippen LogP contribution >= 0.6 is 11.3 Å². The fourth-order valence-corrected chi connectivity index (χ4v) is 1.80. The first-order valence-corrected chi connectivity index (χ1v) is 6.61. The van der Waals surface area contributed by atoms with E-state index < -0.39 is 5.79 Å². The van der Waals surface area contributed by atoms with Gasteiger partial charge in [0.15, 0.2) is 5.79 Å². The molecular weight excluding hydrogens is 254 g/mol. The molecule has 0 fully saturated rings. The molecule has 0 radical (unpaired) electrons. The number of carbonyl (C=O) groups is 1. The highest BCUT2D eigenvalue weighted by molar-refractivity contribution is 7.09. The summed E-state index contributed by atoms with van der Waals surface area (Å²) in [5, 5.41) is 16.2. The van der Waals surface area contributed by atoms with Crippen molar-refractivity contribution in [3.63, 3.8) is 0 Å². The van der Waals surface area contributed by atoms with Crippen molar-refractivity contribution >= 4 is 17.3 Å². The minimum atomic E-state index is -1.50. The van der Waals surface area contributed by atoms with Crippen molar-refractivity contribution in [1.82, 2.24) is 4.98 Å². The van der Waals surface area contributed by atoms with Crippen LogP contribution in [0.15, 0.2) is 5.51 Å². The minimum absolute atomic E-state index is 0.129. The lowest BCUT2D eigenvalue weighted by molar-refractivity contribution is -0.143. The Kier molecular flexibility index (Phi) is 7.73. The second-order valence-electron chi connectivity index (χ2n) is 4.16. The van der Waals surface area contributed by atoms with Gasteiger partial charge in [0.2, 0.25) is 0 Å². The van der Waals surface area contributed by atoms with Gasteiger partial charge in [0.25, 0.3) is 0 Å². The van der Waals surface area contributed by atoms with E-state index >= 15 is 0 Å². The largest absolute Gasteiger partial charge is 0.466 e. The summed E-state index contributed by atoms with van der Waals surface area (Å²) in [6, 6.07) is 0. The summed E-state index contributed by atoms with van der Waals surface area (Å²) in [7, 11) is 0. The average Bonchev–Trinajstić information content (AvgIpc) is 2.59. The summed E-state index contributed by atoms with van der Waals surface area (Å²) in [6.45, 7) is 6.83. The van der Waals surface area contributed by atoms with Crippen molar-refractivity contribution in [3.05, 3.63) is 16.1 Å². The van der Waals surface area contributed by atoms with E-state index in [1.165, 1.54) is 18.7 Å². The van der Waals surface area contributed by atoms with Crippen molar-refractivity contribution in [3.8, 4) is 0 Å². The number of thiazole rings is 1. The van der Waals surface area contributed by atoms with Crippen molar-refractivity contribution in [2.24, 2.45) is 0 Å². The topological polar surface area (TPSA) is 79.6 Å². The summed E-state index contributed by atoms with van der Waals surface area (Å²) >= 11 is 1.59. The molecule has 1 aromatic heterocycles. The molecule has 0 aliphatic rings. The lowest BCUT2D eigenvalue weighted by Crippen LogP contribution is -2.15. The molecule has 1 rings (SSSR count). The van der Waals surface area contributed by atoms with Crippen molar-refractivity contribution in [1.29, 1.82) is 0 Å². The van der Waals surface area contributed by atoms with Gasteiger partial charge in [-0.05, 0) is 34.1 Å². The zero-order valence-electron chi connectivity index (χ0n) is 11.3. The van der Waals surface area contributed by atoms with E-state index in [9.17, 15) is 4.79 Å². The fourth-order valence-electron chi connectivity index (χ4n) is 1.01. The van der Waals surface area contributed by atoms with Gasteiger partial charge in [-0.1, -0.05) is 0 Å². The van der Waals surface area contributed by atoms with Gasteiger partial charge < -0.3 is 14.9 Å². The Morgan fingerprint density at radius 1 is 1.50 bits per heavy atom. The standard InChI is InChI=1S/C9H13NO2S.C3H8O2/c1-3-12-9(11)5-4-8-7(2)10-6-13-8;1-3(2,4)5/h6H,3-5H2,1-2H3;4-5H,1-2H3. The van der Waals surface area contributed by atoms with Gasteiger partial charge in [-0.25, -0.2) is 4.98 Å². The minimum Gasteiger partial charge on any atom is -0.466 e. The normalized spacial score (nSPS) is 10.6. The van der Waals surface area contributed by atoms with Crippen LogP contribution in [-0.2, 0) is 16.0 Å². The molecule has 0 saturated carbocycles. The Morgan fingerprint density at radius 2 is 2.06 bits per heavy atom. The lowest BCUT2D eigenvalue weighted by Gasteiger charge is -2.03. The van der Waals surface area contributed by atoms with E-state index in [4.69, 9.17) is 14.9 Å². The quantitative estimate of drug-likeness (QED) is 0.645. The van der Waals surface area contributed by atoms with Gasteiger partial charge in [-0.3, -0.25) is 4.79 Å². The maximum atomic E-state index is 11.0. The van der Waals surface area contributed by atoms with Gasteiger partial charge in [0, 0.05) is 4.88 Å². The molecule has 6 heteroatoms. The zero-order valence-corrected chi connectivity index (χ0v) is 12.1. The third-order valence-electron chi connectivity index (χ3n) is 1.71. The van der Waals surface area contributed by atoms with E-state index in [2.05, 4.69) is 4.98 Å². The number of ether oxygens (including phenoxy) is 1. The van der Waals surface area contributed by atoms with Crippen molar-refractivity contribution < 1.29 is 19.7 Å². The van der Waals surface area contributed by atoms with Crippen LogP contribution in [0, 0.1) is 6.92 Å². The molecule has 0 unspecified atom stereocenters. The number of esters is 1. The Morgan fingerprint density at radius 3 is 2.44 bits per heavy atom. The Bertz CT molecular complexity index is 351. The molecule has 0 bridgehead atoms. The predicted molar refractivity (Wildman–Crippen MR) is 70.3 cm³/mol. The monoisotopic (exact) mass is 275 g/mol. The molecule has 2 N–H and O–H groups in total. The number of hydrogen-bond acceptors (Lipinski definition) is 6. The van der Waals surface area contributed by atoms with Gasteiger partial charge in [-0.2, -0.15) is 0 Å². The number of aliphatic hydroxyl groups is 2. The fraction of sp³-hybridized carbons (Fsp3) is 0.667. The summed E-state index contributed by atoms with van der Waals surface area (Å²) in [6.07, 6.45) is 1.20. The summed E-state index contributed by atoms with van der Waals surface area (Å²) in [5.74, 6) is -1.63. The molecule has 1 heterocycles. The maximum Gasteiger partial charge on any atom is 0.306 e. The highest BCUT2D eigenvalue weighted by Gasteiger charge is 2.05. The number of hydrogen-bond donors (Lipinski definition) is 2. The number of aromatic nitrogens is 1. The van der Waals surface area contributed by atoms with Gasteiger partial charge in [0.05, 0.1) is 24.2 Å². The number of rotatable bonds is 4. The second kappa shape index (κ2) is 8.18. The highest BCUT2D eigenvalue weighted by atomic mass is 32.1. The van der Waals surface area contributed by atoms with Crippen molar-refractivity contribution in [2.45, 2.75) is 46.3 Å². The molecular formula is C12H21NO4S. The third-order valence-corrected chi connectivity index (χ3v) is 2.70. The van der Waals surface area contributed by atoms with Crippen molar-refractivity contribution in [2.75, 3.05) is 6.61 Å². The summed E-state index contributed by atoms with van der Waals surface area (Å²) in [5.41, 5.74) is 2.82. The van der Waals surface area contributed by atoms with E-state index in [0.717, 1.165) is 12.1 Å². The van der Waals surface area contributed by atoms with Gasteiger partial charge in [-0.15, -0.1) is 11.3 Å². The van der Waals surface area contributed by atoms with Crippen LogP contribution in [0.25, 0.3) is 0 Å². The van der Waals surface area contributed by atoms with Crippen LogP contribution in [0.1, 0.15) is 37.8 Å². The van der Waals surface area contributed by atoms with Crippen LogP contribution in [-0.4, -0.2) is 33.6 Å². The number of aryl methyl sites for hydroxylation is 2. The zero-order chi connectivity index (χ0) is 14.2. The molecule has 5 nitrogen and oxygen atoms in total. The van der Waals surface area contributed by atoms with Gasteiger partial charge >= 0.3 is 5.97 Å². The van der Waals surface area contributed by atoms with E-state index in [1.54, 1.807) is 16.8 Å². The first-order valence-electron chi connectivity index (χ1n) is 5.73. The third kappa shape index (κ3) is 10.2. The molecule has 0 aliphatic heterocycles. The van der Waals surface area contributed by atoms with E-state index in [1.807, 2.05) is 13.8 Å². The Hall–Kier alpha value is -0.980. The Balaban J connectivity index is 0.000000494. The first-order chi connectivity index (χ1) is 8.24. The molecule has 0 saturated heterocycles. The SMILES string of the molecule is CC(C)(O)O.CCOC(=O)CCc1scnc1C. The Labute approximate surface area is 111 Å². The molecule has 18 heavy (non-hydrogen) atoms. The maximum absolute atomic E-state index is 11.0. The highest BCUT2D eigenvalue weighted by Crippen LogP contribution is 2.14. The van der Waals surface area contributed by atoms with Gasteiger partial charge in [0.1, 0.15) is 0 Å². The average molecular weight is 275 g/mol. The van der Waals surface area contributed by atoms with Crippen LogP contribution in [0.4, 0.5) is 0 Å².